The van der Waals surface area contributed by atoms with Crippen LogP contribution in [0.1, 0.15) is 26.3 Å². The van der Waals surface area contributed by atoms with E-state index in [4.69, 9.17) is 0 Å². The maximum Gasteiger partial charge on any atom is 0.273 e. The van der Waals surface area contributed by atoms with E-state index in [1.165, 1.54) is 36.5 Å². The van der Waals surface area contributed by atoms with Gasteiger partial charge in [-0.15, -0.1) is 11.3 Å². The summed E-state index contributed by atoms with van der Waals surface area (Å²) in [7, 11) is 0. The molecule has 0 bridgehead atoms. The Morgan fingerprint density at radius 1 is 1.07 bits per heavy atom. The fourth-order valence-electron chi connectivity index (χ4n) is 2.43. The summed E-state index contributed by atoms with van der Waals surface area (Å²) in [5, 5.41) is 18.6. The van der Waals surface area contributed by atoms with E-state index >= 15 is 0 Å². The molecule has 0 aliphatic carbocycles. The zero-order chi connectivity index (χ0) is 19.4. The first kappa shape index (κ1) is 18.2. The van der Waals surface area contributed by atoms with Gasteiger partial charge in [0.2, 0.25) is 0 Å². The van der Waals surface area contributed by atoms with Crippen LogP contribution in [0, 0.1) is 17.0 Å². The molecule has 0 atom stereocenters. The van der Waals surface area contributed by atoms with Crippen LogP contribution < -0.4 is 10.6 Å². The van der Waals surface area contributed by atoms with Gasteiger partial charge < -0.3 is 5.32 Å². The third-order valence-corrected chi connectivity index (χ3v) is 4.49. The van der Waals surface area contributed by atoms with Gasteiger partial charge in [-0.25, -0.2) is 4.98 Å². The Morgan fingerprint density at radius 2 is 1.81 bits per heavy atom. The maximum absolute atomic E-state index is 12.4. The van der Waals surface area contributed by atoms with Gasteiger partial charge in [0.05, 0.1) is 4.92 Å². The number of nitro benzene ring substituents is 1. The molecular formula is C18H14N4O4S. The van der Waals surface area contributed by atoms with Crippen molar-refractivity contribution in [1.29, 1.82) is 0 Å². The zero-order valence-corrected chi connectivity index (χ0v) is 14.9. The summed E-state index contributed by atoms with van der Waals surface area (Å²) in [6.07, 6.45) is 1.59. The number of nitrogens with one attached hydrogen (secondary N) is 2. The summed E-state index contributed by atoms with van der Waals surface area (Å²) in [4.78, 5) is 39.0. The van der Waals surface area contributed by atoms with Crippen LogP contribution in [-0.4, -0.2) is 21.7 Å². The standard InChI is InChI=1S/C18H14N4O4S/c1-11-14(3-2-4-15(11)22(25)26)17(24)20-13-7-5-12(6-8-13)16(23)21-18-19-9-10-27-18/h2-10H,1H3,(H,20,24)(H,19,21,23). The highest BCUT2D eigenvalue weighted by Gasteiger charge is 2.18. The van der Waals surface area contributed by atoms with Crippen LogP contribution in [0.4, 0.5) is 16.5 Å². The van der Waals surface area contributed by atoms with Crippen LogP contribution in [0.5, 0.6) is 0 Å². The summed E-state index contributed by atoms with van der Waals surface area (Å²) in [5.74, 6) is -0.770. The third kappa shape index (κ3) is 4.15. The van der Waals surface area contributed by atoms with Gasteiger partial charge in [-0.05, 0) is 37.3 Å². The zero-order valence-electron chi connectivity index (χ0n) is 14.1. The van der Waals surface area contributed by atoms with Crippen LogP contribution in [0.15, 0.2) is 54.0 Å². The summed E-state index contributed by atoms with van der Waals surface area (Å²) in [5.41, 5.74) is 1.28. The van der Waals surface area contributed by atoms with Crippen LogP contribution in [0.2, 0.25) is 0 Å². The highest BCUT2D eigenvalue weighted by Crippen LogP contribution is 2.22. The van der Waals surface area contributed by atoms with Gasteiger partial charge in [0.1, 0.15) is 0 Å². The summed E-state index contributed by atoms with van der Waals surface area (Å²) < 4.78 is 0. The molecule has 8 nitrogen and oxygen atoms in total. The number of thiazole rings is 1. The Balaban J connectivity index is 1.71. The molecule has 0 spiro atoms. The molecule has 0 fully saturated rings. The molecule has 0 aliphatic heterocycles. The molecule has 3 rings (SSSR count). The first-order valence-electron chi connectivity index (χ1n) is 7.82. The molecule has 0 saturated heterocycles. The van der Waals surface area contributed by atoms with Crippen LogP contribution in [0.25, 0.3) is 0 Å². The first-order chi connectivity index (χ1) is 13.0. The number of aromatic nitrogens is 1. The van der Waals surface area contributed by atoms with E-state index < -0.39 is 10.8 Å². The number of hydrogen-bond donors (Lipinski definition) is 2. The topological polar surface area (TPSA) is 114 Å². The highest BCUT2D eigenvalue weighted by molar-refractivity contribution is 7.13. The molecule has 3 aromatic rings. The molecule has 0 aliphatic rings. The van der Waals surface area contributed by atoms with Crippen molar-refractivity contribution in [3.05, 3.63) is 80.8 Å². The van der Waals surface area contributed by atoms with Crippen molar-refractivity contribution in [3.63, 3.8) is 0 Å². The smallest absolute Gasteiger partial charge is 0.273 e. The summed E-state index contributed by atoms with van der Waals surface area (Å²) >= 11 is 1.31. The fraction of sp³-hybridized carbons (Fsp3) is 0.0556. The van der Waals surface area contributed by atoms with Gasteiger partial charge in [-0.3, -0.25) is 25.0 Å². The molecule has 1 heterocycles. The lowest BCUT2D eigenvalue weighted by Crippen LogP contribution is -2.15. The number of carbonyl (C=O) groups excluding carboxylic acids is 2. The van der Waals surface area contributed by atoms with Crippen LogP contribution in [0.3, 0.4) is 0 Å². The number of rotatable bonds is 5. The number of nitrogens with zero attached hydrogens (tertiary/aromatic N) is 2. The quantitative estimate of drug-likeness (QED) is 0.514. The SMILES string of the molecule is Cc1c(C(=O)Nc2ccc(C(=O)Nc3nccs3)cc2)cccc1[N+](=O)[O-]. The highest BCUT2D eigenvalue weighted by atomic mass is 32.1. The molecule has 2 aromatic carbocycles. The minimum absolute atomic E-state index is 0.114. The summed E-state index contributed by atoms with van der Waals surface area (Å²) in [6, 6.07) is 10.6. The largest absolute Gasteiger partial charge is 0.322 e. The van der Waals surface area contributed by atoms with Crippen molar-refractivity contribution in [2.24, 2.45) is 0 Å². The number of hydrogen-bond acceptors (Lipinski definition) is 6. The Bertz CT molecular complexity index is 1000. The number of benzene rings is 2. The van der Waals surface area contributed by atoms with Gasteiger partial charge in [0, 0.05) is 40.0 Å². The Morgan fingerprint density at radius 3 is 2.44 bits per heavy atom. The predicted molar refractivity (Wildman–Crippen MR) is 102 cm³/mol. The third-order valence-electron chi connectivity index (χ3n) is 3.80. The van der Waals surface area contributed by atoms with Crippen molar-refractivity contribution < 1.29 is 14.5 Å². The van der Waals surface area contributed by atoms with E-state index in [0.29, 0.717) is 21.9 Å². The second kappa shape index (κ2) is 7.75. The fourth-order valence-corrected chi connectivity index (χ4v) is 2.95. The predicted octanol–water partition coefficient (Wildman–Crippen LogP) is 3.86. The number of anilines is 2. The normalized spacial score (nSPS) is 10.3. The molecule has 2 amide bonds. The van der Waals surface area contributed by atoms with Crippen molar-refractivity contribution in [2.45, 2.75) is 6.92 Å². The van der Waals surface area contributed by atoms with Gasteiger partial charge in [0.15, 0.2) is 5.13 Å². The van der Waals surface area contributed by atoms with Crippen molar-refractivity contribution in [3.8, 4) is 0 Å². The van der Waals surface area contributed by atoms with E-state index in [1.54, 1.807) is 35.8 Å². The lowest BCUT2D eigenvalue weighted by atomic mass is 10.1. The van der Waals surface area contributed by atoms with Gasteiger partial charge >= 0.3 is 0 Å². The van der Waals surface area contributed by atoms with E-state index in [2.05, 4.69) is 15.6 Å². The molecule has 2 N–H and O–H groups in total. The van der Waals surface area contributed by atoms with Gasteiger partial charge in [-0.2, -0.15) is 0 Å². The Hall–Kier alpha value is -3.59. The molecule has 136 valence electrons. The molecule has 0 saturated carbocycles. The Labute approximate surface area is 158 Å². The maximum atomic E-state index is 12.4. The van der Waals surface area contributed by atoms with Gasteiger partial charge in [-0.1, -0.05) is 6.07 Å². The molecule has 1 aromatic heterocycles. The van der Waals surface area contributed by atoms with Crippen molar-refractivity contribution in [1.82, 2.24) is 4.98 Å². The number of nitro groups is 1. The number of carbonyl (C=O) groups is 2. The average molecular weight is 382 g/mol. The molecule has 0 radical (unpaired) electrons. The van der Waals surface area contributed by atoms with E-state index in [0.717, 1.165) is 0 Å². The van der Waals surface area contributed by atoms with Gasteiger partial charge in [0.25, 0.3) is 17.5 Å². The minimum Gasteiger partial charge on any atom is -0.322 e. The molecular weight excluding hydrogens is 368 g/mol. The van der Waals surface area contributed by atoms with E-state index in [-0.39, 0.29) is 17.2 Å². The average Bonchev–Trinajstić information content (AvgIpc) is 3.15. The second-order valence-corrected chi connectivity index (χ2v) is 6.42. The monoisotopic (exact) mass is 382 g/mol. The summed E-state index contributed by atoms with van der Waals surface area (Å²) in [6.45, 7) is 1.53. The Kier molecular flexibility index (Phi) is 5.23. The lowest BCUT2D eigenvalue weighted by Gasteiger charge is -2.09. The number of amides is 2. The van der Waals surface area contributed by atoms with Crippen LogP contribution in [-0.2, 0) is 0 Å². The first-order valence-corrected chi connectivity index (χ1v) is 8.70. The van der Waals surface area contributed by atoms with E-state index in [1.807, 2.05) is 0 Å². The van der Waals surface area contributed by atoms with Crippen molar-refractivity contribution in [2.75, 3.05) is 10.6 Å². The second-order valence-electron chi connectivity index (χ2n) is 5.53. The molecule has 0 unspecified atom stereocenters. The lowest BCUT2D eigenvalue weighted by molar-refractivity contribution is -0.385. The molecule has 9 heteroatoms. The minimum atomic E-state index is -0.526. The molecule has 27 heavy (non-hydrogen) atoms. The van der Waals surface area contributed by atoms with Crippen LogP contribution >= 0.6 is 11.3 Å². The van der Waals surface area contributed by atoms with Crippen molar-refractivity contribution >= 4 is 39.7 Å². The van der Waals surface area contributed by atoms with E-state index in [9.17, 15) is 19.7 Å².